The Morgan fingerprint density at radius 1 is 1.35 bits per heavy atom. The van der Waals surface area contributed by atoms with Crippen LogP contribution in [0, 0.1) is 5.92 Å². The Bertz CT molecular complexity index is 358. The number of methoxy groups -OCH3 is 1. The molecule has 4 heteroatoms. The Labute approximate surface area is 101 Å². The van der Waals surface area contributed by atoms with Gasteiger partial charge in [0.25, 0.3) is 0 Å². The Hall–Kier alpha value is -1.39. The zero-order chi connectivity index (χ0) is 12.8. The minimum atomic E-state index is -0.889. The lowest BCUT2D eigenvalue weighted by molar-refractivity contribution is -0.142. The second-order valence-electron chi connectivity index (χ2n) is 4.17. The van der Waals surface area contributed by atoms with Crippen LogP contribution in [-0.2, 0) is 16.1 Å². The Balaban J connectivity index is 2.63. The number of carboxylic acid groups (broad SMARTS) is 1. The minimum Gasteiger partial charge on any atom is -0.481 e. The van der Waals surface area contributed by atoms with Gasteiger partial charge >= 0.3 is 5.97 Å². The number of aliphatic carboxylic acids is 1. The number of rotatable bonds is 6. The van der Waals surface area contributed by atoms with Gasteiger partial charge in [-0.2, -0.15) is 0 Å². The summed E-state index contributed by atoms with van der Waals surface area (Å²) in [5.74, 6) is -1.44. The normalized spacial score (nSPS) is 14.3. The van der Waals surface area contributed by atoms with Gasteiger partial charge in [-0.15, -0.1) is 0 Å². The first kappa shape index (κ1) is 13.7. The molecule has 2 atom stereocenters. The van der Waals surface area contributed by atoms with Crippen molar-refractivity contribution in [3.63, 3.8) is 0 Å². The van der Waals surface area contributed by atoms with Gasteiger partial charge in [0.15, 0.2) is 0 Å². The molecule has 17 heavy (non-hydrogen) atoms. The van der Waals surface area contributed by atoms with Crippen molar-refractivity contribution in [3.8, 4) is 0 Å². The third-order valence-corrected chi connectivity index (χ3v) is 2.67. The van der Waals surface area contributed by atoms with Gasteiger partial charge in [-0.1, -0.05) is 31.2 Å². The summed E-state index contributed by atoms with van der Waals surface area (Å²) in [4.78, 5) is 10.7. The van der Waals surface area contributed by atoms with E-state index in [2.05, 4.69) is 0 Å². The van der Waals surface area contributed by atoms with Crippen molar-refractivity contribution in [1.29, 1.82) is 0 Å². The number of aliphatic hydroxyl groups is 1. The van der Waals surface area contributed by atoms with Gasteiger partial charge in [-0.25, -0.2) is 0 Å². The number of carboxylic acids is 1. The zero-order valence-corrected chi connectivity index (χ0v) is 10.1. The van der Waals surface area contributed by atoms with Gasteiger partial charge in [0, 0.05) is 7.11 Å². The third kappa shape index (κ3) is 4.17. The van der Waals surface area contributed by atoms with Crippen molar-refractivity contribution in [3.05, 3.63) is 35.4 Å². The molecule has 0 aliphatic rings. The fourth-order valence-corrected chi connectivity index (χ4v) is 1.57. The standard InChI is InChI=1S/C13H18O4/c1-9(13(15)16)7-12(14)11-5-3-10(4-6-11)8-17-2/h3-6,9,12,14H,7-8H2,1-2H3,(H,15,16). The molecule has 0 spiro atoms. The van der Waals surface area contributed by atoms with Crippen LogP contribution in [0.15, 0.2) is 24.3 Å². The topological polar surface area (TPSA) is 66.8 Å². The zero-order valence-electron chi connectivity index (χ0n) is 10.1. The van der Waals surface area contributed by atoms with Gasteiger partial charge in [0.2, 0.25) is 0 Å². The molecule has 2 unspecified atom stereocenters. The summed E-state index contributed by atoms with van der Waals surface area (Å²) in [6.45, 7) is 2.12. The molecule has 0 aliphatic carbocycles. The molecule has 1 rings (SSSR count). The van der Waals surface area contributed by atoms with E-state index in [1.807, 2.05) is 12.1 Å². The molecule has 0 fully saturated rings. The summed E-state index contributed by atoms with van der Waals surface area (Å²) < 4.78 is 4.98. The van der Waals surface area contributed by atoms with Gasteiger partial charge < -0.3 is 14.9 Å². The maximum absolute atomic E-state index is 10.7. The highest BCUT2D eigenvalue weighted by atomic mass is 16.5. The molecule has 0 saturated carbocycles. The first-order chi connectivity index (χ1) is 8.04. The number of aliphatic hydroxyl groups excluding tert-OH is 1. The molecule has 1 aromatic carbocycles. The van der Waals surface area contributed by atoms with Crippen molar-refractivity contribution in [2.75, 3.05) is 7.11 Å². The van der Waals surface area contributed by atoms with Crippen LogP contribution in [0.4, 0.5) is 0 Å². The van der Waals surface area contributed by atoms with E-state index < -0.39 is 18.0 Å². The smallest absolute Gasteiger partial charge is 0.306 e. The minimum absolute atomic E-state index is 0.221. The van der Waals surface area contributed by atoms with Gasteiger partial charge in [-0.3, -0.25) is 4.79 Å². The molecule has 0 bridgehead atoms. The molecule has 0 aliphatic heterocycles. The molecule has 0 saturated heterocycles. The highest BCUT2D eigenvalue weighted by molar-refractivity contribution is 5.69. The Morgan fingerprint density at radius 3 is 2.41 bits per heavy atom. The fourth-order valence-electron chi connectivity index (χ4n) is 1.57. The largest absolute Gasteiger partial charge is 0.481 e. The molecule has 94 valence electrons. The van der Waals surface area contributed by atoms with Crippen LogP contribution < -0.4 is 0 Å². The van der Waals surface area contributed by atoms with Crippen LogP contribution in [0.25, 0.3) is 0 Å². The van der Waals surface area contributed by atoms with Gasteiger partial charge in [-0.05, 0) is 17.5 Å². The average Bonchev–Trinajstić information content (AvgIpc) is 2.30. The first-order valence-corrected chi connectivity index (χ1v) is 5.53. The van der Waals surface area contributed by atoms with E-state index in [0.29, 0.717) is 6.61 Å². The number of ether oxygens (including phenoxy) is 1. The van der Waals surface area contributed by atoms with E-state index in [1.54, 1.807) is 26.2 Å². The Kier molecular flexibility index (Phi) is 5.12. The summed E-state index contributed by atoms with van der Waals surface area (Å²) in [5.41, 5.74) is 1.76. The van der Waals surface area contributed by atoms with Crippen LogP contribution in [0.3, 0.4) is 0 Å². The van der Waals surface area contributed by atoms with Crippen molar-refractivity contribution < 1.29 is 19.7 Å². The summed E-state index contributed by atoms with van der Waals surface area (Å²) in [5, 5.41) is 18.6. The quantitative estimate of drug-likeness (QED) is 0.795. The summed E-state index contributed by atoms with van der Waals surface area (Å²) in [6.07, 6.45) is -0.517. The van der Waals surface area contributed by atoms with E-state index in [1.165, 1.54) is 0 Å². The molecule has 1 aromatic rings. The van der Waals surface area contributed by atoms with E-state index in [0.717, 1.165) is 11.1 Å². The SMILES string of the molecule is COCc1ccc(C(O)CC(C)C(=O)O)cc1. The number of hydrogen-bond acceptors (Lipinski definition) is 3. The Morgan fingerprint density at radius 2 is 1.94 bits per heavy atom. The van der Waals surface area contributed by atoms with Crippen molar-refractivity contribution >= 4 is 5.97 Å². The lowest BCUT2D eigenvalue weighted by Gasteiger charge is -2.14. The van der Waals surface area contributed by atoms with Crippen molar-refractivity contribution in [2.45, 2.75) is 26.1 Å². The predicted molar refractivity (Wildman–Crippen MR) is 63.5 cm³/mol. The van der Waals surface area contributed by atoms with Crippen molar-refractivity contribution in [2.24, 2.45) is 5.92 Å². The van der Waals surface area contributed by atoms with Crippen LogP contribution in [0.2, 0.25) is 0 Å². The summed E-state index contributed by atoms with van der Waals surface area (Å²) in [7, 11) is 1.62. The molecule has 2 N–H and O–H groups in total. The molecular weight excluding hydrogens is 220 g/mol. The molecule has 0 amide bonds. The first-order valence-electron chi connectivity index (χ1n) is 5.53. The van der Waals surface area contributed by atoms with E-state index >= 15 is 0 Å². The second-order valence-corrected chi connectivity index (χ2v) is 4.17. The van der Waals surface area contributed by atoms with E-state index in [-0.39, 0.29) is 6.42 Å². The maximum Gasteiger partial charge on any atom is 0.306 e. The highest BCUT2D eigenvalue weighted by Crippen LogP contribution is 2.21. The molecule has 0 aromatic heterocycles. The van der Waals surface area contributed by atoms with Crippen LogP contribution in [-0.4, -0.2) is 23.3 Å². The van der Waals surface area contributed by atoms with Gasteiger partial charge in [0.05, 0.1) is 18.6 Å². The third-order valence-electron chi connectivity index (χ3n) is 2.67. The number of hydrogen-bond donors (Lipinski definition) is 2. The van der Waals surface area contributed by atoms with Crippen molar-refractivity contribution in [1.82, 2.24) is 0 Å². The lowest BCUT2D eigenvalue weighted by Crippen LogP contribution is -2.13. The molecule has 4 nitrogen and oxygen atoms in total. The van der Waals surface area contributed by atoms with Crippen LogP contribution >= 0.6 is 0 Å². The monoisotopic (exact) mass is 238 g/mol. The number of benzene rings is 1. The fraction of sp³-hybridized carbons (Fsp3) is 0.462. The maximum atomic E-state index is 10.7. The van der Waals surface area contributed by atoms with E-state index in [9.17, 15) is 9.90 Å². The lowest BCUT2D eigenvalue weighted by atomic mass is 9.98. The number of carbonyl (C=O) groups is 1. The highest BCUT2D eigenvalue weighted by Gasteiger charge is 2.17. The van der Waals surface area contributed by atoms with E-state index in [4.69, 9.17) is 9.84 Å². The predicted octanol–water partition coefficient (Wildman–Crippen LogP) is 1.98. The van der Waals surface area contributed by atoms with Crippen LogP contribution in [0.1, 0.15) is 30.6 Å². The summed E-state index contributed by atoms with van der Waals surface area (Å²) in [6, 6.07) is 7.34. The second kappa shape index (κ2) is 6.37. The van der Waals surface area contributed by atoms with Gasteiger partial charge in [0.1, 0.15) is 0 Å². The average molecular weight is 238 g/mol. The molecular formula is C13H18O4. The summed E-state index contributed by atoms with van der Waals surface area (Å²) >= 11 is 0. The molecule has 0 heterocycles. The molecule has 0 radical (unpaired) electrons. The van der Waals surface area contributed by atoms with Crippen LogP contribution in [0.5, 0.6) is 0 Å².